The van der Waals surface area contributed by atoms with E-state index < -0.39 is 11.9 Å². The standard InChI is InChI=1S/C16H19F3N4S.HI/c1-11-6-4-5-7-12(11)9-23(3)15(20-2)21-8-14-22-13(10-24-14)16(17,18)19;/h4-7,10H,8-9H2,1-3H3,(H,20,21);1H. The van der Waals surface area contributed by atoms with E-state index in [2.05, 4.69) is 15.3 Å². The van der Waals surface area contributed by atoms with Crippen molar-refractivity contribution in [2.24, 2.45) is 4.99 Å². The number of aliphatic imine (C=N–C) groups is 1. The third kappa shape index (κ3) is 6.14. The van der Waals surface area contributed by atoms with Gasteiger partial charge in [-0.05, 0) is 18.1 Å². The number of thiazole rings is 1. The Bertz CT molecular complexity index is 715. The fourth-order valence-electron chi connectivity index (χ4n) is 2.18. The van der Waals surface area contributed by atoms with Gasteiger partial charge in [-0.25, -0.2) is 4.98 Å². The second-order valence-corrected chi connectivity index (χ2v) is 6.25. The molecule has 1 aromatic carbocycles. The number of halogens is 4. The van der Waals surface area contributed by atoms with Crippen LogP contribution in [0.25, 0.3) is 0 Å². The summed E-state index contributed by atoms with van der Waals surface area (Å²) in [5.74, 6) is 0.599. The maximum atomic E-state index is 12.6. The number of rotatable bonds is 4. The summed E-state index contributed by atoms with van der Waals surface area (Å²) >= 11 is 0.980. The zero-order chi connectivity index (χ0) is 17.7. The normalized spacial score (nSPS) is 11.8. The number of nitrogens with zero attached hydrogens (tertiary/aromatic N) is 3. The molecule has 0 aliphatic rings. The highest BCUT2D eigenvalue weighted by Crippen LogP contribution is 2.29. The third-order valence-electron chi connectivity index (χ3n) is 3.48. The van der Waals surface area contributed by atoms with E-state index in [0.29, 0.717) is 17.5 Å². The lowest BCUT2D eigenvalue weighted by molar-refractivity contribution is -0.140. The lowest BCUT2D eigenvalue weighted by Crippen LogP contribution is -2.38. The lowest BCUT2D eigenvalue weighted by atomic mass is 10.1. The maximum Gasteiger partial charge on any atom is 0.434 e. The van der Waals surface area contributed by atoms with Crippen LogP contribution in [0, 0.1) is 6.92 Å². The molecule has 138 valence electrons. The Morgan fingerprint density at radius 1 is 1.32 bits per heavy atom. The minimum atomic E-state index is -4.40. The van der Waals surface area contributed by atoms with Gasteiger partial charge in [0.1, 0.15) is 5.01 Å². The third-order valence-corrected chi connectivity index (χ3v) is 4.33. The van der Waals surface area contributed by atoms with Crippen molar-refractivity contribution < 1.29 is 13.2 Å². The van der Waals surface area contributed by atoms with E-state index in [0.717, 1.165) is 22.3 Å². The Morgan fingerprint density at radius 2 is 2.00 bits per heavy atom. The van der Waals surface area contributed by atoms with E-state index in [1.54, 1.807) is 7.05 Å². The van der Waals surface area contributed by atoms with Gasteiger partial charge in [-0.1, -0.05) is 24.3 Å². The molecule has 4 nitrogen and oxygen atoms in total. The summed E-state index contributed by atoms with van der Waals surface area (Å²) in [5, 5.41) is 4.44. The van der Waals surface area contributed by atoms with Crippen molar-refractivity contribution in [1.29, 1.82) is 0 Å². The van der Waals surface area contributed by atoms with Crippen LogP contribution >= 0.6 is 35.3 Å². The van der Waals surface area contributed by atoms with Gasteiger partial charge in [-0.3, -0.25) is 4.99 Å². The van der Waals surface area contributed by atoms with Crippen molar-refractivity contribution in [1.82, 2.24) is 15.2 Å². The van der Waals surface area contributed by atoms with Crippen molar-refractivity contribution in [2.45, 2.75) is 26.2 Å². The number of nitrogens with one attached hydrogen (secondary N) is 1. The summed E-state index contributed by atoms with van der Waals surface area (Å²) in [4.78, 5) is 9.69. The van der Waals surface area contributed by atoms with Gasteiger partial charge in [0.05, 0.1) is 6.54 Å². The van der Waals surface area contributed by atoms with Gasteiger partial charge >= 0.3 is 6.18 Å². The molecule has 0 spiro atoms. The fraction of sp³-hybridized carbons (Fsp3) is 0.375. The molecule has 0 atom stereocenters. The molecule has 1 N–H and O–H groups in total. The van der Waals surface area contributed by atoms with E-state index >= 15 is 0 Å². The highest BCUT2D eigenvalue weighted by Gasteiger charge is 2.33. The fourth-order valence-corrected chi connectivity index (χ4v) is 2.92. The van der Waals surface area contributed by atoms with E-state index in [9.17, 15) is 13.2 Å². The number of alkyl halides is 3. The molecule has 0 unspecified atom stereocenters. The van der Waals surface area contributed by atoms with Crippen molar-refractivity contribution in [2.75, 3.05) is 14.1 Å². The van der Waals surface area contributed by atoms with Crippen molar-refractivity contribution in [3.63, 3.8) is 0 Å². The van der Waals surface area contributed by atoms with Crippen LogP contribution in [-0.2, 0) is 19.3 Å². The van der Waals surface area contributed by atoms with E-state index in [1.807, 2.05) is 43.1 Å². The first kappa shape index (κ1) is 21.7. The molecular weight excluding hydrogens is 464 g/mol. The number of guanidine groups is 1. The monoisotopic (exact) mass is 484 g/mol. The predicted molar refractivity (Wildman–Crippen MR) is 105 cm³/mol. The first-order valence-corrected chi connectivity index (χ1v) is 8.17. The van der Waals surface area contributed by atoms with Crippen LogP contribution in [0.4, 0.5) is 13.2 Å². The zero-order valence-corrected chi connectivity index (χ0v) is 17.2. The van der Waals surface area contributed by atoms with Crippen LogP contribution in [-0.4, -0.2) is 29.9 Å². The zero-order valence-electron chi connectivity index (χ0n) is 14.1. The molecule has 2 aromatic rings. The lowest BCUT2D eigenvalue weighted by Gasteiger charge is -2.22. The average molecular weight is 484 g/mol. The van der Waals surface area contributed by atoms with Gasteiger partial charge in [-0.2, -0.15) is 13.2 Å². The number of aromatic nitrogens is 1. The number of hydrogen-bond donors (Lipinski definition) is 1. The number of benzene rings is 1. The Morgan fingerprint density at radius 3 is 2.56 bits per heavy atom. The smallest absolute Gasteiger partial charge is 0.350 e. The second-order valence-electron chi connectivity index (χ2n) is 5.31. The molecule has 0 amide bonds. The highest BCUT2D eigenvalue weighted by atomic mass is 127. The largest absolute Gasteiger partial charge is 0.434 e. The predicted octanol–water partition coefficient (Wildman–Crippen LogP) is 4.30. The van der Waals surface area contributed by atoms with E-state index in [-0.39, 0.29) is 30.5 Å². The molecule has 0 saturated heterocycles. The van der Waals surface area contributed by atoms with Crippen molar-refractivity contribution >= 4 is 41.3 Å². The van der Waals surface area contributed by atoms with E-state index in [1.165, 1.54) is 5.56 Å². The molecule has 0 fully saturated rings. The first-order chi connectivity index (χ1) is 11.3. The van der Waals surface area contributed by atoms with Crippen LogP contribution < -0.4 is 5.32 Å². The quantitative estimate of drug-likeness (QED) is 0.400. The van der Waals surface area contributed by atoms with Gasteiger partial charge in [-0.15, -0.1) is 35.3 Å². The van der Waals surface area contributed by atoms with Crippen LogP contribution in [0.2, 0.25) is 0 Å². The molecular formula is C16H20F3IN4S. The van der Waals surface area contributed by atoms with Crippen LogP contribution in [0.15, 0.2) is 34.6 Å². The number of hydrogen-bond acceptors (Lipinski definition) is 3. The summed E-state index contributed by atoms with van der Waals surface area (Å²) in [6, 6.07) is 8.02. The van der Waals surface area contributed by atoms with Gasteiger partial charge in [0.25, 0.3) is 0 Å². The Kier molecular flexibility index (Phi) is 8.13. The van der Waals surface area contributed by atoms with Crippen molar-refractivity contribution in [3.8, 4) is 0 Å². The topological polar surface area (TPSA) is 40.5 Å². The molecule has 0 saturated carbocycles. The summed E-state index contributed by atoms with van der Waals surface area (Å²) in [6.45, 7) is 2.89. The van der Waals surface area contributed by atoms with E-state index in [4.69, 9.17) is 0 Å². The minimum absolute atomic E-state index is 0. The van der Waals surface area contributed by atoms with Crippen molar-refractivity contribution in [3.05, 3.63) is 51.5 Å². The molecule has 25 heavy (non-hydrogen) atoms. The summed E-state index contributed by atoms with van der Waals surface area (Å²) in [5.41, 5.74) is 1.48. The summed E-state index contributed by atoms with van der Waals surface area (Å²) in [7, 11) is 3.52. The second kappa shape index (κ2) is 9.37. The summed E-state index contributed by atoms with van der Waals surface area (Å²) in [6.07, 6.45) is -4.40. The Hall–Kier alpha value is -1.36. The van der Waals surface area contributed by atoms with Gasteiger partial charge in [0.15, 0.2) is 11.7 Å². The van der Waals surface area contributed by atoms with Crippen LogP contribution in [0.5, 0.6) is 0 Å². The molecule has 1 aromatic heterocycles. The molecule has 1 heterocycles. The van der Waals surface area contributed by atoms with Gasteiger partial charge < -0.3 is 10.2 Å². The molecule has 0 bridgehead atoms. The van der Waals surface area contributed by atoms with Crippen LogP contribution in [0.3, 0.4) is 0 Å². The van der Waals surface area contributed by atoms with Crippen LogP contribution in [0.1, 0.15) is 21.8 Å². The van der Waals surface area contributed by atoms with Gasteiger partial charge in [0.2, 0.25) is 0 Å². The first-order valence-electron chi connectivity index (χ1n) is 7.29. The Labute approximate surface area is 166 Å². The molecule has 2 rings (SSSR count). The molecule has 0 aliphatic heterocycles. The molecule has 0 radical (unpaired) electrons. The minimum Gasteiger partial charge on any atom is -0.350 e. The maximum absolute atomic E-state index is 12.6. The average Bonchev–Trinajstić information content (AvgIpc) is 2.99. The number of aryl methyl sites for hydroxylation is 1. The highest BCUT2D eigenvalue weighted by molar-refractivity contribution is 14.0. The SMILES string of the molecule is CN=C(NCc1nc(C(F)(F)F)cs1)N(C)Cc1ccccc1C.I. The summed E-state index contributed by atoms with van der Waals surface area (Å²) < 4.78 is 37.7. The van der Waals surface area contributed by atoms with Gasteiger partial charge in [0, 0.05) is 26.0 Å². The molecule has 0 aliphatic carbocycles. The Balaban J connectivity index is 0.00000312. The molecule has 9 heteroatoms.